The Morgan fingerprint density at radius 3 is 2.72 bits per heavy atom. The van der Waals surface area contributed by atoms with E-state index in [0.29, 0.717) is 17.0 Å². The SMILES string of the molecule is Cc1cccc(OCc2ccc(C(=O)C3CCN(C)CC3)cc2F)n1. The second kappa shape index (κ2) is 7.74. The highest BCUT2D eigenvalue weighted by atomic mass is 19.1. The van der Waals surface area contributed by atoms with Crippen LogP contribution in [0.4, 0.5) is 4.39 Å². The number of rotatable bonds is 5. The van der Waals surface area contributed by atoms with Gasteiger partial charge in [0.1, 0.15) is 12.4 Å². The Balaban J connectivity index is 1.65. The molecule has 2 heterocycles. The number of pyridine rings is 1. The number of Topliss-reactive ketones (excluding diaryl/α,β-unsaturated/α-hetero) is 1. The summed E-state index contributed by atoms with van der Waals surface area (Å²) in [5.41, 5.74) is 1.71. The van der Waals surface area contributed by atoms with Gasteiger partial charge >= 0.3 is 0 Å². The Morgan fingerprint density at radius 2 is 2.04 bits per heavy atom. The number of ether oxygens (including phenoxy) is 1. The number of aromatic nitrogens is 1. The lowest BCUT2D eigenvalue weighted by atomic mass is 9.89. The maximum Gasteiger partial charge on any atom is 0.213 e. The molecule has 0 aliphatic carbocycles. The van der Waals surface area contributed by atoms with E-state index in [1.165, 1.54) is 6.07 Å². The van der Waals surface area contributed by atoms with Crippen molar-refractivity contribution in [3.8, 4) is 5.88 Å². The predicted molar refractivity (Wildman–Crippen MR) is 94.3 cm³/mol. The molecule has 25 heavy (non-hydrogen) atoms. The van der Waals surface area contributed by atoms with Crippen LogP contribution in [-0.4, -0.2) is 35.8 Å². The molecule has 4 nitrogen and oxygen atoms in total. The summed E-state index contributed by atoms with van der Waals surface area (Å²) >= 11 is 0. The van der Waals surface area contributed by atoms with Crippen molar-refractivity contribution in [1.82, 2.24) is 9.88 Å². The number of likely N-dealkylation sites (tertiary alicyclic amines) is 1. The first-order valence-corrected chi connectivity index (χ1v) is 8.60. The molecule has 1 aromatic heterocycles. The fraction of sp³-hybridized carbons (Fsp3) is 0.400. The van der Waals surface area contributed by atoms with Crippen molar-refractivity contribution >= 4 is 5.78 Å². The third-order valence-electron chi connectivity index (χ3n) is 4.67. The number of ketones is 1. The molecule has 0 amide bonds. The van der Waals surface area contributed by atoms with E-state index in [0.717, 1.165) is 31.6 Å². The molecule has 0 spiro atoms. The lowest BCUT2D eigenvalue weighted by Crippen LogP contribution is -2.33. The van der Waals surface area contributed by atoms with Crippen LogP contribution in [0.2, 0.25) is 0 Å². The summed E-state index contributed by atoms with van der Waals surface area (Å²) in [5, 5.41) is 0. The van der Waals surface area contributed by atoms with E-state index in [2.05, 4.69) is 16.9 Å². The molecule has 1 aliphatic heterocycles. The van der Waals surface area contributed by atoms with Gasteiger partial charge in [0.15, 0.2) is 5.78 Å². The number of piperidine rings is 1. The van der Waals surface area contributed by atoms with Crippen molar-refractivity contribution in [1.29, 1.82) is 0 Å². The molecule has 0 bridgehead atoms. The molecule has 0 N–H and O–H groups in total. The van der Waals surface area contributed by atoms with Crippen LogP contribution in [0.3, 0.4) is 0 Å². The van der Waals surface area contributed by atoms with E-state index in [4.69, 9.17) is 4.74 Å². The minimum Gasteiger partial charge on any atom is -0.473 e. The lowest BCUT2D eigenvalue weighted by molar-refractivity contribution is 0.0856. The molecule has 3 rings (SSSR count). The van der Waals surface area contributed by atoms with E-state index >= 15 is 0 Å². The van der Waals surface area contributed by atoms with Gasteiger partial charge in [0.25, 0.3) is 0 Å². The number of hydrogen-bond acceptors (Lipinski definition) is 4. The van der Waals surface area contributed by atoms with Crippen LogP contribution >= 0.6 is 0 Å². The standard InChI is InChI=1S/C20H23FN2O2/c1-14-4-3-5-19(22-14)25-13-17-7-6-16(12-18(17)21)20(24)15-8-10-23(2)11-9-15/h3-7,12,15H,8-11,13H2,1-2H3. The Kier molecular flexibility index (Phi) is 5.43. The fourth-order valence-corrected chi connectivity index (χ4v) is 3.07. The molecule has 1 saturated heterocycles. The number of aryl methyl sites for hydroxylation is 1. The average Bonchev–Trinajstić information content (AvgIpc) is 2.61. The summed E-state index contributed by atoms with van der Waals surface area (Å²) in [4.78, 5) is 19.0. The minimum absolute atomic E-state index is 0.00538. The Labute approximate surface area is 147 Å². The van der Waals surface area contributed by atoms with Crippen molar-refractivity contribution in [2.45, 2.75) is 26.4 Å². The number of nitrogens with zero attached hydrogens (tertiary/aromatic N) is 2. The molecule has 1 aromatic carbocycles. The smallest absolute Gasteiger partial charge is 0.213 e. The molecule has 0 unspecified atom stereocenters. The van der Waals surface area contributed by atoms with Crippen LogP contribution in [0.25, 0.3) is 0 Å². The topological polar surface area (TPSA) is 42.4 Å². The van der Waals surface area contributed by atoms with Gasteiger partial charge in [0.2, 0.25) is 5.88 Å². The number of carbonyl (C=O) groups excluding carboxylic acids is 1. The molecule has 1 fully saturated rings. The Bertz CT molecular complexity index is 755. The van der Waals surface area contributed by atoms with Crippen LogP contribution in [0, 0.1) is 18.7 Å². The van der Waals surface area contributed by atoms with E-state index < -0.39 is 5.82 Å². The highest BCUT2D eigenvalue weighted by molar-refractivity contribution is 5.98. The van der Waals surface area contributed by atoms with Crippen LogP contribution in [0.5, 0.6) is 5.88 Å². The maximum atomic E-state index is 14.4. The lowest BCUT2D eigenvalue weighted by Gasteiger charge is -2.28. The third kappa shape index (κ3) is 4.42. The first-order chi connectivity index (χ1) is 12.0. The van der Waals surface area contributed by atoms with Crippen molar-refractivity contribution in [2.75, 3.05) is 20.1 Å². The number of halogens is 1. The van der Waals surface area contributed by atoms with Gasteiger partial charge in [0, 0.05) is 28.8 Å². The number of benzene rings is 1. The largest absolute Gasteiger partial charge is 0.473 e. The fourth-order valence-electron chi connectivity index (χ4n) is 3.07. The predicted octanol–water partition coefficient (Wildman–Crippen LogP) is 3.63. The van der Waals surface area contributed by atoms with E-state index in [1.807, 2.05) is 19.1 Å². The molecular formula is C20H23FN2O2. The van der Waals surface area contributed by atoms with Crippen molar-refractivity contribution in [3.63, 3.8) is 0 Å². The third-order valence-corrected chi connectivity index (χ3v) is 4.67. The number of carbonyl (C=O) groups is 1. The van der Waals surface area contributed by atoms with E-state index in [-0.39, 0.29) is 18.3 Å². The summed E-state index contributed by atoms with van der Waals surface area (Å²) in [6, 6.07) is 10.1. The van der Waals surface area contributed by atoms with E-state index in [9.17, 15) is 9.18 Å². The van der Waals surface area contributed by atoms with Gasteiger partial charge in [-0.3, -0.25) is 4.79 Å². The summed E-state index contributed by atoms with van der Waals surface area (Å²) in [7, 11) is 2.05. The van der Waals surface area contributed by atoms with Crippen molar-refractivity contribution < 1.29 is 13.9 Å². The van der Waals surface area contributed by atoms with Gasteiger partial charge in [0.05, 0.1) is 0 Å². The molecule has 5 heteroatoms. The highest BCUT2D eigenvalue weighted by Crippen LogP contribution is 2.22. The van der Waals surface area contributed by atoms with Gasteiger partial charge in [-0.2, -0.15) is 0 Å². The maximum absolute atomic E-state index is 14.4. The first-order valence-electron chi connectivity index (χ1n) is 8.60. The molecule has 0 radical (unpaired) electrons. The Hall–Kier alpha value is -2.27. The average molecular weight is 342 g/mol. The Morgan fingerprint density at radius 1 is 1.28 bits per heavy atom. The van der Waals surface area contributed by atoms with Crippen molar-refractivity contribution in [3.05, 3.63) is 59.0 Å². The zero-order valence-corrected chi connectivity index (χ0v) is 14.7. The summed E-state index contributed by atoms with van der Waals surface area (Å²) in [6.07, 6.45) is 1.67. The monoisotopic (exact) mass is 342 g/mol. The quantitative estimate of drug-likeness (QED) is 0.778. The van der Waals surface area contributed by atoms with Crippen LogP contribution in [0.1, 0.15) is 34.5 Å². The van der Waals surface area contributed by atoms with Crippen LogP contribution < -0.4 is 4.74 Å². The molecule has 1 aliphatic rings. The molecule has 0 saturated carbocycles. The normalized spacial score (nSPS) is 16.0. The minimum atomic E-state index is -0.411. The van der Waals surface area contributed by atoms with E-state index in [1.54, 1.807) is 18.2 Å². The second-order valence-corrected chi connectivity index (χ2v) is 6.65. The van der Waals surface area contributed by atoms with Crippen LogP contribution in [-0.2, 0) is 6.61 Å². The zero-order valence-electron chi connectivity index (χ0n) is 14.7. The van der Waals surface area contributed by atoms with Gasteiger partial charge in [-0.25, -0.2) is 9.37 Å². The van der Waals surface area contributed by atoms with Crippen LogP contribution in [0.15, 0.2) is 36.4 Å². The van der Waals surface area contributed by atoms with Gasteiger partial charge in [-0.1, -0.05) is 18.2 Å². The summed E-state index contributed by atoms with van der Waals surface area (Å²) in [6.45, 7) is 3.78. The zero-order chi connectivity index (χ0) is 17.8. The van der Waals surface area contributed by atoms with Crippen molar-refractivity contribution in [2.24, 2.45) is 5.92 Å². The van der Waals surface area contributed by atoms with Gasteiger partial charge in [-0.05, 0) is 52.0 Å². The highest BCUT2D eigenvalue weighted by Gasteiger charge is 2.24. The number of hydrogen-bond donors (Lipinski definition) is 0. The summed E-state index contributed by atoms with van der Waals surface area (Å²) in [5.74, 6) is 0.0892. The van der Waals surface area contributed by atoms with Gasteiger partial charge < -0.3 is 9.64 Å². The molecule has 0 atom stereocenters. The molecular weight excluding hydrogens is 319 g/mol. The molecule has 2 aromatic rings. The first kappa shape index (κ1) is 17.5. The molecule has 132 valence electrons. The second-order valence-electron chi connectivity index (χ2n) is 6.65. The van der Waals surface area contributed by atoms with Gasteiger partial charge in [-0.15, -0.1) is 0 Å². The summed E-state index contributed by atoms with van der Waals surface area (Å²) < 4.78 is 19.9.